The molecule has 8 heteroatoms. The quantitative estimate of drug-likeness (QED) is 0.767. The smallest absolute Gasteiger partial charge is 0.264 e. The molecular weight excluding hydrogens is 387 g/mol. The zero-order valence-corrected chi connectivity index (χ0v) is 13.8. The summed E-state index contributed by atoms with van der Waals surface area (Å²) < 4.78 is 27.8. The summed E-state index contributed by atoms with van der Waals surface area (Å²) >= 11 is 15.1. The van der Waals surface area contributed by atoms with E-state index in [-0.39, 0.29) is 14.9 Å². The summed E-state index contributed by atoms with van der Waals surface area (Å²) in [5, 5.41) is -0.0602. The Morgan fingerprint density at radius 1 is 1.10 bits per heavy atom. The van der Waals surface area contributed by atoms with Crippen LogP contribution >= 0.6 is 39.1 Å². The second-order valence-electron chi connectivity index (χ2n) is 3.93. The lowest BCUT2D eigenvalue weighted by atomic mass is 10.3. The predicted molar refractivity (Wildman–Crippen MR) is 85.8 cm³/mol. The van der Waals surface area contributed by atoms with E-state index in [1.807, 2.05) is 0 Å². The topological polar surface area (TPSA) is 72.2 Å². The number of benzene rings is 2. The summed E-state index contributed by atoms with van der Waals surface area (Å²) in [4.78, 5) is -0.199. The van der Waals surface area contributed by atoms with Crippen molar-refractivity contribution in [3.63, 3.8) is 0 Å². The van der Waals surface area contributed by atoms with Crippen LogP contribution in [0.1, 0.15) is 0 Å². The van der Waals surface area contributed by atoms with Crippen LogP contribution in [0.3, 0.4) is 0 Å². The Hall–Kier alpha value is -0.950. The second-order valence-corrected chi connectivity index (χ2v) is 7.28. The lowest BCUT2D eigenvalue weighted by Crippen LogP contribution is -2.14. The van der Waals surface area contributed by atoms with Crippen LogP contribution in [0.15, 0.2) is 45.8 Å². The first-order chi connectivity index (χ1) is 9.29. The highest BCUT2D eigenvalue weighted by Gasteiger charge is 2.22. The number of rotatable bonds is 3. The minimum absolute atomic E-state index is 0.0301. The van der Waals surface area contributed by atoms with E-state index in [9.17, 15) is 8.42 Å². The fourth-order valence-corrected chi connectivity index (χ4v) is 4.28. The Morgan fingerprint density at radius 3 is 2.25 bits per heavy atom. The van der Waals surface area contributed by atoms with Crippen LogP contribution in [0.25, 0.3) is 0 Å². The van der Waals surface area contributed by atoms with Crippen LogP contribution < -0.4 is 10.5 Å². The van der Waals surface area contributed by atoms with Crippen molar-refractivity contribution in [1.29, 1.82) is 0 Å². The Balaban J connectivity index is 2.46. The van der Waals surface area contributed by atoms with Gasteiger partial charge in [0.25, 0.3) is 10.0 Å². The number of halogens is 3. The molecular formula is C12H9BrCl2N2O2S. The molecule has 0 spiro atoms. The highest BCUT2D eigenvalue weighted by molar-refractivity contribution is 9.10. The molecule has 2 aromatic rings. The predicted octanol–water partition coefficient (Wildman–Crippen LogP) is 4.14. The van der Waals surface area contributed by atoms with Gasteiger partial charge < -0.3 is 5.73 Å². The molecule has 0 bridgehead atoms. The monoisotopic (exact) mass is 394 g/mol. The Labute approximate surface area is 135 Å². The molecule has 106 valence electrons. The van der Waals surface area contributed by atoms with E-state index in [1.54, 1.807) is 24.3 Å². The molecule has 0 aliphatic carbocycles. The fourth-order valence-electron chi connectivity index (χ4n) is 1.59. The van der Waals surface area contributed by atoms with Gasteiger partial charge in [0.2, 0.25) is 0 Å². The van der Waals surface area contributed by atoms with Crippen LogP contribution in [-0.2, 0) is 10.0 Å². The molecule has 0 saturated heterocycles. The summed E-state index contributed by atoms with van der Waals surface area (Å²) in [5.74, 6) is 0. The Kier molecular flexibility index (Phi) is 4.49. The molecule has 3 N–H and O–H groups in total. The number of anilines is 2. The molecule has 20 heavy (non-hydrogen) atoms. The lowest BCUT2D eigenvalue weighted by Gasteiger charge is -2.12. The molecule has 0 fully saturated rings. The molecule has 0 aromatic heterocycles. The molecule has 2 aromatic carbocycles. The van der Waals surface area contributed by atoms with Crippen molar-refractivity contribution in [3.8, 4) is 0 Å². The maximum Gasteiger partial charge on any atom is 0.264 e. The summed E-state index contributed by atoms with van der Waals surface area (Å²) in [5.41, 5.74) is 6.24. The lowest BCUT2D eigenvalue weighted by molar-refractivity contribution is 0.601. The maximum atomic E-state index is 12.3. The van der Waals surface area contributed by atoms with E-state index in [0.29, 0.717) is 11.4 Å². The first-order valence-corrected chi connectivity index (χ1v) is 8.36. The summed E-state index contributed by atoms with van der Waals surface area (Å²) in [6.07, 6.45) is 0. The first kappa shape index (κ1) is 15.4. The van der Waals surface area contributed by atoms with Gasteiger partial charge in [-0.2, -0.15) is 0 Å². The van der Waals surface area contributed by atoms with Crippen LogP contribution in [0.4, 0.5) is 11.4 Å². The van der Waals surface area contributed by atoms with E-state index in [0.717, 1.165) is 4.47 Å². The van der Waals surface area contributed by atoms with Crippen LogP contribution in [0, 0.1) is 0 Å². The molecule has 0 aliphatic rings. The Bertz CT molecular complexity index is 743. The van der Waals surface area contributed by atoms with Gasteiger partial charge in [0.15, 0.2) is 0 Å². The van der Waals surface area contributed by atoms with Crippen molar-refractivity contribution in [2.75, 3.05) is 10.5 Å². The third-order valence-electron chi connectivity index (χ3n) is 2.37. The van der Waals surface area contributed by atoms with Crippen molar-refractivity contribution in [2.24, 2.45) is 0 Å². The number of nitrogens with one attached hydrogen (secondary N) is 1. The van der Waals surface area contributed by atoms with Gasteiger partial charge >= 0.3 is 0 Å². The van der Waals surface area contributed by atoms with Gasteiger partial charge in [-0.05, 0) is 30.3 Å². The van der Waals surface area contributed by atoms with Gasteiger partial charge in [0, 0.05) is 15.8 Å². The minimum atomic E-state index is -3.90. The van der Waals surface area contributed by atoms with Gasteiger partial charge in [-0.1, -0.05) is 45.2 Å². The van der Waals surface area contributed by atoms with Gasteiger partial charge in [0.05, 0.1) is 10.0 Å². The summed E-state index contributed by atoms with van der Waals surface area (Å²) in [7, 11) is -3.90. The highest BCUT2D eigenvalue weighted by Crippen LogP contribution is 2.33. The molecule has 0 unspecified atom stereocenters. The summed E-state index contributed by atoms with van der Waals surface area (Å²) in [6.45, 7) is 0. The third kappa shape index (κ3) is 3.38. The van der Waals surface area contributed by atoms with Crippen molar-refractivity contribution < 1.29 is 8.42 Å². The highest BCUT2D eigenvalue weighted by atomic mass is 79.9. The third-order valence-corrected chi connectivity index (χ3v) is 5.16. The first-order valence-electron chi connectivity index (χ1n) is 5.32. The molecule has 4 nitrogen and oxygen atoms in total. The van der Waals surface area contributed by atoms with Crippen molar-refractivity contribution in [3.05, 3.63) is 50.9 Å². The SMILES string of the molecule is Nc1cc(Cl)c(S(=O)(=O)Nc2cccc(Br)c2)c(Cl)c1. The molecule has 0 heterocycles. The van der Waals surface area contributed by atoms with Gasteiger partial charge in [-0.3, -0.25) is 4.72 Å². The molecule has 0 radical (unpaired) electrons. The van der Waals surface area contributed by atoms with Gasteiger partial charge in [0.1, 0.15) is 4.90 Å². The number of nitrogens with two attached hydrogens (primary N) is 1. The molecule has 2 rings (SSSR count). The number of sulfonamides is 1. The fraction of sp³-hybridized carbons (Fsp3) is 0. The second kappa shape index (κ2) is 5.81. The van der Waals surface area contributed by atoms with Crippen molar-refractivity contribution in [2.45, 2.75) is 4.90 Å². The average molecular weight is 396 g/mol. The number of nitrogen functional groups attached to an aromatic ring is 1. The molecule has 0 aliphatic heterocycles. The summed E-state index contributed by atoms with van der Waals surface area (Å²) in [6, 6.07) is 9.39. The Morgan fingerprint density at radius 2 is 1.70 bits per heavy atom. The van der Waals surface area contributed by atoms with E-state index in [2.05, 4.69) is 20.7 Å². The van der Waals surface area contributed by atoms with E-state index in [1.165, 1.54) is 12.1 Å². The van der Waals surface area contributed by atoms with Crippen molar-refractivity contribution >= 4 is 60.5 Å². The van der Waals surface area contributed by atoms with Crippen molar-refractivity contribution in [1.82, 2.24) is 0 Å². The van der Waals surface area contributed by atoms with E-state index < -0.39 is 10.0 Å². The zero-order valence-electron chi connectivity index (χ0n) is 9.90. The van der Waals surface area contributed by atoms with E-state index >= 15 is 0 Å². The molecule has 0 amide bonds. The van der Waals surface area contributed by atoms with Gasteiger partial charge in [-0.15, -0.1) is 0 Å². The molecule has 0 atom stereocenters. The number of hydrogen-bond donors (Lipinski definition) is 2. The van der Waals surface area contributed by atoms with Crippen LogP contribution in [0.5, 0.6) is 0 Å². The number of hydrogen-bond acceptors (Lipinski definition) is 3. The largest absolute Gasteiger partial charge is 0.399 e. The maximum absolute atomic E-state index is 12.3. The van der Waals surface area contributed by atoms with E-state index in [4.69, 9.17) is 28.9 Å². The van der Waals surface area contributed by atoms with Gasteiger partial charge in [-0.25, -0.2) is 8.42 Å². The standard InChI is InChI=1S/C12H9BrCl2N2O2S/c13-7-2-1-3-9(4-7)17-20(18,19)12-10(14)5-8(16)6-11(12)15/h1-6,17H,16H2. The van der Waals surface area contributed by atoms with Crippen LogP contribution in [0.2, 0.25) is 10.0 Å². The zero-order chi connectivity index (χ0) is 14.9. The van der Waals surface area contributed by atoms with Crippen LogP contribution in [-0.4, -0.2) is 8.42 Å². The molecule has 0 saturated carbocycles. The average Bonchev–Trinajstić information content (AvgIpc) is 2.25. The normalized spacial score (nSPS) is 11.3. The minimum Gasteiger partial charge on any atom is -0.399 e.